The number of para-hydroxylation sites is 1. The summed E-state index contributed by atoms with van der Waals surface area (Å²) in [7, 11) is 0. The molecule has 2 fully saturated rings. The summed E-state index contributed by atoms with van der Waals surface area (Å²) in [6, 6.07) is 15.0. The molecule has 4 heterocycles. The van der Waals surface area contributed by atoms with Crippen molar-refractivity contribution >= 4 is 40.6 Å². The van der Waals surface area contributed by atoms with Gasteiger partial charge in [-0.3, -0.25) is 19.9 Å². The SMILES string of the molecule is O=C1NC(=O)C(=Cc2cc(Oc3ccccc3)nc(N3CCN(c4cccnc4)CC3)n2)S1. The second-order valence-corrected chi connectivity index (χ2v) is 8.40. The Morgan fingerprint density at radius 1 is 0.970 bits per heavy atom. The Morgan fingerprint density at radius 2 is 1.76 bits per heavy atom. The Morgan fingerprint density at radius 3 is 2.45 bits per heavy atom. The molecule has 0 atom stereocenters. The summed E-state index contributed by atoms with van der Waals surface area (Å²) in [5.74, 6) is 1.09. The van der Waals surface area contributed by atoms with Gasteiger partial charge < -0.3 is 14.5 Å². The zero-order valence-electron chi connectivity index (χ0n) is 17.5. The summed E-state index contributed by atoms with van der Waals surface area (Å²) in [4.78, 5) is 41.6. The second-order valence-electron chi connectivity index (χ2n) is 7.38. The number of aromatic nitrogens is 3. The number of amides is 2. The van der Waals surface area contributed by atoms with E-state index >= 15 is 0 Å². The standard InChI is InChI=1S/C23H20N6O3S/c30-21-19(33-23(31)27-21)13-16-14-20(32-18-6-2-1-3-7-18)26-22(25-16)29-11-9-28(10-12-29)17-5-4-8-24-15-17/h1-8,13-15H,9-12H2,(H,27,30,31). The minimum Gasteiger partial charge on any atom is -0.439 e. The monoisotopic (exact) mass is 460 g/mol. The van der Waals surface area contributed by atoms with Crippen molar-refractivity contribution in [1.29, 1.82) is 0 Å². The van der Waals surface area contributed by atoms with Crippen LogP contribution in [-0.4, -0.2) is 52.3 Å². The Balaban J connectivity index is 1.41. The Labute approximate surface area is 194 Å². The number of pyridine rings is 1. The molecule has 2 aromatic heterocycles. The van der Waals surface area contributed by atoms with E-state index in [0.717, 1.165) is 30.5 Å². The number of carbonyl (C=O) groups excluding carboxylic acids is 2. The van der Waals surface area contributed by atoms with Gasteiger partial charge >= 0.3 is 0 Å². The Hall–Kier alpha value is -3.92. The van der Waals surface area contributed by atoms with Gasteiger partial charge in [-0.05, 0) is 42.1 Å². The average Bonchev–Trinajstić information content (AvgIpc) is 3.16. The zero-order valence-corrected chi connectivity index (χ0v) is 18.4. The van der Waals surface area contributed by atoms with E-state index in [2.05, 4.69) is 30.1 Å². The van der Waals surface area contributed by atoms with Gasteiger partial charge in [0, 0.05) is 38.4 Å². The molecule has 2 amide bonds. The molecule has 10 heteroatoms. The molecule has 9 nitrogen and oxygen atoms in total. The van der Waals surface area contributed by atoms with E-state index in [9.17, 15) is 9.59 Å². The fraction of sp³-hybridized carbons (Fsp3) is 0.174. The van der Waals surface area contributed by atoms with E-state index in [1.54, 1.807) is 18.3 Å². The van der Waals surface area contributed by atoms with Gasteiger partial charge in [-0.15, -0.1) is 0 Å². The number of carbonyl (C=O) groups is 2. The molecular formula is C23H20N6O3S. The predicted molar refractivity (Wildman–Crippen MR) is 126 cm³/mol. The number of hydrogen-bond donors (Lipinski definition) is 1. The number of hydrogen-bond acceptors (Lipinski definition) is 9. The van der Waals surface area contributed by atoms with Crippen molar-refractivity contribution in [3.63, 3.8) is 0 Å². The first kappa shape index (κ1) is 21.0. The quantitative estimate of drug-likeness (QED) is 0.575. The van der Waals surface area contributed by atoms with E-state index in [-0.39, 0.29) is 4.91 Å². The second kappa shape index (κ2) is 9.29. The molecule has 5 rings (SSSR count). The van der Waals surface area contributed by atoms with E-state index in [1.807, 2.05) is 48.7 Å². The normalized spacial score (nSPS) is 17.4. The molecule has 0 unspecified atom stereocenters. The lowest BCUT2D eigenvalue weighted by Gasteiger charge is -2.36. The Kier molecular flexibility index (Phi) is 5.90. The van der Waals surface area contributed by atoms with Crippen molar-refractivity contribution in [2.75, 3.05) is 36.0 Å². The van der Waals surface area contributed by atoms with Crippen LogP contribution in [0.5, 0.6) is 11.6 Å². The van der Waals surface area contributed by atoms with Crippen molar-refractivity contribution in [2.24, 2.45) is 0 Å². The lowest BCUT2D eigenvalue weighted by Crippen LogP contribution is -2.47. The molecule has 3 aromatic rings. The van der Waals surface area contributed by atoms with Gasteiger partial charge in [0.05, 0.1) is 22.5 Å². The van der Waals surface area contributed by atoms with Crippen LogP contribution in [0.2, 0.25) is 0 Å². The van der Waals surface area contributed by atoms with E-state index in [4.69, 9.17) is 4.74 Å². The van der Waals surface area contributed by atoms with Crippen LogP contribution in [0.15, 0.2) is 65.8 Å². The molecule has 0 spiro atoms. The molecule has 1 N–H and O–H groups in total. The summed E-state index contributed by atoms with van der Waals surface area (Å²) in [5.41, 5.74) is 1.58. The molecule has 1 aromatic carbocycles. The van der Waals surface area contributed by atoms with Crippen molar-refractivity contribution in [3.8, 4) is 11.6 Å². The van der Waals surface area contributed by atoms with Crippen LogP contribution >= 0.6 is 11.8 Å². The van der Waals surface area contributed by atoms with Crippen LogP contribution in [0.1, 0.15) is 5.69 Å². The van der Waals surface area contributed by atoms with Gasteiger partial charge in [-0.1, -0.05) is 18.2 Å². The zero-order chi connectivity index (χ0) is 22.6. The first-order valence-electron chi connectivity index (χ1n) is 10.4. The molecule has 0 aliphatic carbocycles. The molecule has 2 aliphatic rings. The van der Waals surface area contributed by atoms with Gasteiger partial charge in [0.1, 0.15) is 5.75 Å². The predicted octanol–water partition coefficient (Wildman–Crippen LogP) is 3.31. The van der Waals surface area contributed by atoms with Crippen LogP contribution in [0, 0.1) is 0 Å². The first-order valence-corrected chi connectivity index (χ1v) is 11.2. The van der Waals surface area contributed by atoms with Crippen LogP contribution < -0.4 is 19.9 Å². The van der Waals surface area contributed by atoms with Gasteiger partial charge in [-0.25, -0.2) is 4.98 Å². The third-order valence-corrected chi connectivity index (χ3v) is 5.98. The van der Waals surface area contributed by atoms with Crippen LogP contribution in [0.4, 0.5) is 16.4 Å². The molecule has 2 saturated heterocycles. The topological polar surface area (TPSA) is 101 Å². The van der Waals surface area contributed by atoms with Gasteiger partial charge in [0.2, 0.25) is 11.8 Å². The van der Waals surface area contributed by atoms with Crippen molar-refractivity contribution in [2.45, 2.75) is 0 Å². The van der Waals surface area contributed by atoms with Crippen molar-refractivity contribution in [1.82, 2.24) is 20.3 Å². The van der Waals surface area contributed by atoms with Gasteiger partial charge in [0.15, 0.2) is 0 Å². The maximum Gasteiger partial charge on any atom is 0.290 e. The average molecular weight is 461 g/mol. The number of thioether (sulfide) groups is 1. The number of piperazine rings is 1. The van der Waals surface area contributed by atoms with Gasteiger partial charge in [0.25, 0.3) is 11.1 Å². The minimum atomic E-state index is -0.430. The third-order valence-electron chi connectivity index (χ3n) is 5.17. The first-order chi connectivity index (χ1) is 16.1. The highest BCUT2D eigenvalue weighted by Gasteiger charge is 2.26. The summed E-state index contributed by atoms with van der Waals surface area (Å²) in [6.45, 7) is 3.02. The third kappa shape index (κ3) is 4.96. The number of nitrogens with zero attached hydrogens (tertiary/aromatic N) is 5. The lowest BCUT2D eigenvalue weighted by molar-refractivity contribution is -0.115. The molecular weight excluding hydrogens is 440 g/mol. The maximum absolute atomic E-state index is 12.0. The van der Waals surface area contributed by atoms with Crippen LogP contribution in [0.3, 0.4) is 0 Å². The molecule has 0 radical (unpaired) electrons. The summed E-state index contributed by atoms with van der Waals surface area (Å²) in [5, 5.41) is 1.87. The molecule has 33 heavy (non-hydrogen) atoms. The highest BCUT2D eigenvalue weighted by atomic mass is 32.2. The highest BCUT2D eigenvalue weighted by molar-refractivity contribution is 8.18. The van der Waals surface area contributed by atoms with Crippen LogP contribution in [0.25, 0.3) is 6.08 Å². The largest absolute Gasteiger partial charge is 0.439 e. The molecule has 166 valence electrons. The minimum absolute atomic E-state index is 0.289. The van der Waals surface area contributed by atoms with E-state index in [0.29, 0.717) is 36.4 Å². The highest BCUT2D eigenvalue weighted by Crippen LogP contribution is 2.28. The maximum atomic E-state index is 12.0. The van der Waals surface area contributed by atoms with Crippen LogP contribution in [-0.2, 0) is 4.79 Å². The summed E-state index contributed by atoms with van der Waals surface area (Å²) >= 11 is 0.852. The molecule has 2 aliphatic heterocycles. The summed E-state index contributed by atoms with van der Waals surface area (Å²) < 4.78 is 5.95. The van der Waals surface area contributed by atoms with E-state index < -0.39 is 11.1 Å². The number of rotatable bonds is 5. The number of nitrogens with one attached hydrogen (secondary N) is 1. The number of benzene rings is 1. The fourth-order valence-corrected chi connectivity index (χ4v) is 4.23. The molecule has 0 saturated carbocycles. The number of ether oxygens (including phenoxy) is 1. The van der Waals surface area contributed by atoms with Crippen molar-refractivity contribution in [3.05, 3.63) is 71.5 Å². The van der Waals surface area contributed by atoms with Crippen molar-refractivity contribution < 1.29 is 14.3 Å². The number of imide groups is 1. The lowest BCUT2D eigenvalue weighted by atomic mass is 10.3. The summed E-state index contributed by atoms with van der Waals surface area (Å²) in [6.07, 6.45) is 5.20. The van der Waals surface area contributed by atoms with Gasteiger partial charge in [-0.2, -0.15) is 4.98 Å². The fourth-order valence-electron chi connectivity index (χ4n) is 3.57. The Bertz CT molecular complexity index is 1200. The number of anilines is 2. The van der Waals surface area contributed by atoms with E-state index in [1.165, 1.54) is 0 Å². The smallest absolute Gasteiger partial charge is 0.290 e. The molecule has 0 bridgehead atoms.